The Morgan fingerprint density at radius 2 is 1.93 bits per heavy atom. The summed E-state index contributed by atoms with van der Waals surface area (Å²) in [4.78, 5) is 20.8. The molecule has 3 rings (SSSR count). The maximum absolute atomic E-state index is 12.7. The molecule has 7 heteroatoms. The first-order valence-electron chi connectivity index (χ1n) is 9.12. The van der Waals surface area contributed by atoms with Crippen LogP contribution in [0.25, 0.3) is 0 Å². The number of aromatic nitrogens is 1. The number of sulfone groups is 1. The van der Waals surface area contributed by atoms with Crippen molar-refractivity contribution >= 4 is 21.6 Å². The van der Waals surface area contributed by atoms with Crippen molar-refractivity contribution < 1.29 is 13.2 Å². The fourth-order valence-corrected chi connectivity index (χ4v) is 5.08. The molecule has 2 heterocycles. The second kappa shape index (κ2) is 8.08. The third kappa shape index (κ3) is 4.66. The Kier molecular flexibility index (Phi) is 5.79. The predicted octanol–water partition coefficient (Wildman–Crippen LogP) is 2.37. The lowest BCUT2D eigenvalue weighted by Gasteiger charge is -2.24. The Bertz CT molecular complexity index is 882. The number of carbonyl (C=O) groups is 1. The molecule has 2 aromatic rings. The Hall–Kier alpha value is -2.41. The standard InChI is InChI=1S/C20H25N3O3S/c1-3-23(14-16-7-5-4-6-8-16)19-10-9-17(13-21-19)20(24)22(2)18-11-12-27(25,26)15-18/h4-10,13,18H,3,11-12,14-15H2,1-2H3. The highest BCUT2D eigenvalue weighted by Crippen LogP contribution is 2.20. The van der Waals surface area contributed by atoms with Crippen LogP contribution in [0, 0.1) is 0 Å². The first-order valence-corrected chi connectivity index (χ1v) is 10.9. The van der Waals surface area contributed by atoms with E-state index in [1.54, 1.807) is 19.3 Å². The molecule has 1 fully saturated rings. The monoisotopic (exact) mass is 387 g/mol. The minimum atomic E-state index is -3.02. The van der Waals surface area contributed by atoms with E-state index in [4.69, 9.17) is 0 Å². The van der Waals surface area contributed by atoms with Crippen LogP contribution in [0.4, 0.5) is 5.82 Å². The summed E-state index contributed by atoms with van der Waals surface area (Å²) in [5, 5.41) is 0. The summed E-state index contributed by atoms with van der Waals surface area (Å²) < 4.78 is 23.3. The average Bonchev–Trinajstić information content (AvgIpc) is 3.05. The van der Waals surface area contributed by atoms with Crippen LogP contribution in [0.3, 0.4) is 0 Å². The number of carbonyl (C=O) groups excluding carboxylic acids is 1. The molecule has 1 unspecified atom stereocenters. The molecule has 0 saturated carbocycles. The van der Waals surface area contributed by atoms with Crippen molar-refractivity contribution in [1.82, 2.24) is 9.88 Å². The summed E-state index contributed by atoms with van der Waals surface area (Å²) in [6, 6.07) is 13.5. The van der Waals surface area contributed by atoms with E-state index >= 15 is 0 Å². The van der Waals surface area contributed by atoms with Gasteiger partial charge in [0.05, 0.1) is 17.1 Å². The maximum atomic E-state index is 12.7. The molecule has 0 bridgehead atoms. The van der Waals surface area contributed by atoms with Gasteiger partial charge in [0.15, 0.2) is 9.84 Å². The zero-order valence-corrected chi connectivity index (χ0v) is 16.5. The van der Waals surface area contributed by atoms with Crippen LogP contribution in [0.2, 0.25) is 0 Å². The lowest BCUT2D eigenvalue weighted by atomic mass is 10.2. The molecule has 0 radical (unpaired) electrons. The lowest BCUT2D eigenvalue weighted by Crippen LogP contribution is -2.37. The van der Waals surface area contributed by atoms with Gasteiger partial charge in [0, 0.05) is 32.4 Å². The Labute approximate surface area is 160 Å². The van der Waals surface area contributed by atoms with E-state index in [1.165, 1.54) is 10.5 Å². The molecule has 1 atom stereocenters. The fraction of sp³-hybridized carbons (Fsp3) is 0.400. The van der Waals surface area contributed by atoms with E-state index in [2.05, 4.69) is 28.9 Å². The molecule has 1 aliphatic rings. The number of amides is 1. The normalized spacial score (nSPS) is 18.2. The van der Waals surface area contributed by atoms with Gasteiger partial charge in [-0.15, -0.1) is 0 Å². The molecule has 1 amide bonds. The van der Waals surface area contributed by atoms with E-state index < -0.39 is 9.84 Å². The molecule has 6 nitrogen and oxygen atoms in total. The molecule has 144 valence electrons. The molecular formula is C20H25N3O3S. The largest absolute Gasteiger partial charge is 0.353 e. The molecule has 1 saturated heterocycles. The van der Waals surface area contributed by atoms with Gasteiger partial charge >= 0.3 is 0 Å². The average molecular weight is 388 g/mol. The highest BCUT2D eigenvalue weighted by Gasteiger charge is 2.33. The van der Waals surface area contributed by atoms with Crippen molar-refractivity contribution in [3.63, 3.8) is 0 Å². The summed E-state index contributed by atoms with van der Waals surface area (Å²) in [5.41, 5.74) is 1.67. The van der Waals surface area contributed by atoms with Gasteiger partial charge in [0.1, 0.15) is 5.82 Å². The van der Waals surface area contributed by atoms with Crippen molar-refractivity contribution in [2.45, 2.75) is 25.9 Å². The minimum absolute atomic E-state index is 0.0431. The second-order valence-corrected chi connectivity index (χ2v) is 9.11. The van der Waals surface area contributed by atoms with Gasteiger partial charge in [-0.1, -0.05) is 30.3 Å². The Morgan fingerprint density at radius 1 is 1.19 bits per heavy atom. The Balaban J connectivity index is 1.69. The molecule has 27 heavy (non-hydrogen) atoms. The van der Waals surface area contributed by atoms with Crippen LogP contribution in [0.15, 0.2) is 48.7 Å². The number of anilines is 1. The van der Waals surface area contributed by atoms with E-state index in [9.17, 15) is 13.2 Å². The second-order valence-electron chi connectivity index (χ2n) is 6.88. The third-order valence-corrected chi connectivity index (χ3v) is 6.74. The van der Waals surface area contributed by atoms with Crippen LogP contribution >= 0.6 is 0 Å². The summed E-state index contributed by atoms with van der Waals surface area (Å²) in [6.45, 7) is 3.62. The van der Waals surface area contributed by atoms with E-state index in [1.807, 2.05) is 24.3 Å². The zero-order valence-electron chi connectivity index (χ0n) is 15.7. The first-order chi connectivity index (χ1) is 12.9. The number of hydrogen-bond donors (Lipinski definition) is 0. The van der Waals surface area contributed by atoms with Crippen LogP contribution in [-0.4, -0.2) is 55.3 Å². The molecule has 1 aromatic carbocycles. The number of nitrogens with zero attached hydrogens (tertiary/aromatic N) is 3. The predicted molar refractivity (Wildman–Crippen MR) is 107 cm³/mol. The van der Waals surface area contributed by atoms with Crippen LogP contribution < -0.4 is 4.90 Å². The number of pyridine rings is 1. The van der Waals surface area contributed by atoms with Gasteiger partial charge in [-0.3, -0.25) is 4.79 Å². The van der Waals surface area contributed by atoms with E-state index in [0.29, 0.717) is 12.0 Å². The maximum Gasteiger partial charge on any atom is 0.255 e. The van der Waals surface area contributed by atoms with Crippen molar-refractivity contribution in [2.75, 3.05) is 30.0 Å². The molecule has 0 N–H and O–H groups in total. The van der Waals surface area contributed by atoms with Crippen molar-refractivity contribution in [1.29, 1.82) is 0 Å². The summed E-state index contributed by atoms with van der Waals surface area (Å²) in [6.07, 6.45) is 2.07. The molecular weight excluding hydrogens is 362 g/mol. The smallest absolute Gasteiger partial charge is 0.255 e. The van der Waals surface area contributed by atoms with Crippen molar-refractivity contribution in [2.24, 2.45) is 0 Å². The quantitative estimate of drug-likeness (QED) is 0.761. The summed E-state index contributed by atoms with van der Waals surface area (Å²) in [7, 11) is -1.36. The van der Waals surface area contributed by atoms with Crippen LogP contribution in [0.1, 0.15) is 29.3 Å². The van der Waals surface area contributed by atoms with Crippen LogP contribution in [-0.2, 0) is 16.4 Å². The molecule has 1 aliphatic heterocycles. The Morgan fingerprint density at radius 3 is 2.48 bits per heavy atom. The van der Waals surface area contributed by atoms with Crippen molar-refractivity contribution in [3.05, 3.63) is 59.8 Å². The van der Waals surface area contributed by atoms with Crippen molar-refractivity contribution in [3.8, 4) is 0 Å². The summed E-state index contributed by atoms with van der Waals surface area (Å²) >= 11 is 0. The van der Waals surface area contributed by atoms with Gasteiger partial charge in [-0.05, 0) is 31.0 Å². The number of benzene rings is 1. The topological polar surface area (TPSA) is 70.6 Å². The van der Waals surface area contributed by atoms with Gasteiger partial charge < -0.3 is 9.80 Å². The third-order valence-electron chi connectivity index (χ3n) is 4.99. The zero-order chi connectivity index (χ0) is 19.4. The molecule has 0 spiro atoms. The molecule has 0 aliphatic carbocycles. The van der Waals surface area contributed by atoms with Crippen LogP contribution in [0.5, 0.6) is 0 Å². The highest BCUT2D eigenvalue weighted by molar-refractivity contribution is 7.91. The molecule has 1 aromatic heterocycles. The minimum Gasteiger partial charge on any atom is -0.353 e. The summed E-state index contributed by atoms with van der Waals surface area (Å²) in [5.74, 6) is 0.810. The van der Waals surface area contributed by atoms with Gasteiger partial charge in [-0.25, -0.2) is 13.4 Å². The number of rotatable bonds is 6. The SMILES string of the molecule is CCN(Cc1ccccc1)c1ccc(C(=O)N(C)C2CCS(=O)(=O)C2)cn1. The van der Waals surface area contributed by atoms with E-state index in [0.717, 1.165) is 18.9 Å². The number of hydrogen-bond acceptors (Lipinski definition) is 5. The van der Waals surface area contributed by atoms with Gasteiger partial charge in [0.25, 0.3) is 5.91 Å². The lowest BCUT2D eigenvalue weighted by molar-refractivity contribution is 0.0747. The fourth-order valence-electron chi connectivity index (χ4n) is 3.31. The van der Waals surface area contributed by atoms with Gasteiger partial charge in [0.2, 0.25) is 0 Å². The first kappa shape index (κ1) is 19.4. The van der Waals surface area contributed by atoms with Gasteiger partial charge in [-0.2, -0.15) is 0 Å². The highest BCUT2D eigenvalue weighted by atomic mass is 32.2. The van der Waals surface area contributed by atoms with E-state index in [-0.39, 0.29) is 23.5 Å².